The smallest absolute Gasteiger partial charge is 0.166 e. The summed E-state index contributed by atoms with van der Waals surface area (Å²) in [6, 6.07) is 0. The van der Waals surface area contributed by atoms with E-state index in [1.54, 1.807) is 0 Å². The van der Waals surface area contributed by atoms with Crippen molar-refractivity contribution in [1.82, 2.24) is 0 Å². The van der Waals surface area contributed by atoms with Crippen LogP contribution in [0.3, 0.4) is 0 Å². The first-order valence-electron chi connectivity index (χ1n) is 2.99. The Kier molecular flexibility index (Phi) is 3.04. The third-order valence-electron chi connectivity index (χ3n) is 1.14. The van der Waals surface area contributed by atoms with E-state index in [9.17, 15) is 0 Å². The van der Waals surface area contributed by atoms with Crippen LogP contribution in [-0.2, 0) is 0 Å². The topological polar surface area (TPSA) is 24.7 Å². The summed E-state index contributed by atoms with van der Waals surface area (Å²) >= 11 is 17.3. The molecule has 62 valence electrons. The fourth-order valence-corrected chi connectivity index (χ4v) is 3.37. The van der Waals surface area contributed by atoms with Gasteiger partial charge in [-0.2, -0.15) is 0 Å². The van der Waals surface area contributed by atoms with E-state index in [-0.39, 0.29) is 0 Å². The standard InChI is InChI=1S/C5H6Cl3N2P/c1-2-11(8)9-4(6)3-5(7)10-11/h3H,2H2,1H3. The van der Waals surface area contributed by atoms with Crippen LogP contribution in [0.15, 0.2) is 20.7 Å². The molecule has 1 unspecified atom stereocenters. The second kappa shape index (κ2) is 3.49. The molecule has 0 bridgehead atoms. The monoisotopic (exact) mass is 230 g/mol. The highest BCUT2D eigenvalue weighted by Crippen LogP contribution is 2.59. The van der Waals surface area contributed by atoms with Crippen molar-refractivity contribution >= 4 is 46.2 Å². The van der Waals surface area contributed by atoms with Crippen LogP contribution >= 0.6 is 41.0 Å². The molecule has 1 aliphatic rings. The van der Waals surface area contributed by atoms with Crippen molar-refractivity contribution in [3.63, 3.8) is 0 Å². The highest BCUT2D eigenvalue weighted by atomic mass is 35.7. The fourth-order valence-electron chi connectivity index (χ4n) is 0.613. The van der Waals surface area contributed by atoms with Crippen molar-refractivity contribution in [2.24, 2.45) is 9.51 Å². The zero-order chi connectivity index (χ0) is 8.48. The average molecular weight is 231 g/mol. The van der Waals surface area contributed by atoms with Crippen molar-refractivity contribution in [3.05, 3.63) is 11.2 Å². The van der Waals surface area contributed by atoms with Gasteiger partial charge in [0.25, 0.3) is 0 Å². The van der Waals surface area contributed by atoms with Crippen molar-refractivity contribution in [3.8, 4) is 0 Å². The third-order valence-corrected chi connectivity index (χ3v) is 4.78. The highest BCUT2D eigenvalue weighted by molar-refractivity contribution is 7.90. The van der Waals surface area contributed by atoms with E-state index in [0.717, 1.165) is 0 Å². The molecule has 0 N–H and O–H groups in total. The Labute approximate surface area is 80.1 Å². The Bertz CT molecular complexity index is 279. The van der Waals surface area contributed by atoms with Crippen molar-refractivity contribution < 1.29 is 0 Å². The predicted octanol–water partition coefficient (Wildman–Crippen LogP) is 4.01. The molecule has 0 aliphatic carbocycles. The normalized spacial score (nSPS) is 30.5. The van der Waals surface area contributed by atoms with E-state index in [1.807, 2.05) is 6.92 Å². The molecule has 1 atom stereocenters. The molecule has 0 aromatic rings. The van der Waals surface area contributed by atoms with E-state index < -0.39 is 6.56 Å². The number of allylic oxidation sites excluding steroid dienone is 1. The Morgan fingerprint density at radius 2 is 2.18 bits per heavy atom. The lowest BCUT2D eigenvalue weighted by atomic mass is 10.7. The second-order valence-corrected chi connectivity index (χ2v) is 6.67. The van der Waals surface area contributed by atoms with Gasteiger partial charge in [-0.3, -0.25) is 0 Å². The van der Waals surface area contributed by atoms with Crippen LogP contribution in [0.25, 0.3) is 0 Å². The molecule has 2 nitrogen and oxygen atoms in total. The molecule has 0 spiro atoms. The lowest BCUT2D eigenvalue weighted by Gasteiger charge is -2.12. The van der Waals surface area contributed by atoms with Gasteiger partial charge >= 0.3 is 0 Å². The lowest BCUT2D eigenvalue weighted by Crippen LogP contribution is -1.88. The number of hydrogen-bond donors (Lipinski definition) is 0. The van der Waals surface area contributed by atoms with E-state index in [4.69, 9.17) is 34.4 Å². The van der Waals surface area contributed by atoms with E-state index >= 15 is 0 Å². The van der Waals surface area contributed by atoms with Gasteiger partial charge in [-0.15, -0.1) is 0 Å². The summed E-state index contributed by atoms with van der Waals surface area (Å²) in [6.07, 6.45) is 2.16. The van der Waals surface area contributed by atoms with Gasteiger partial charge in [-0.1, -0.05) is 41.4 Å². The first kappa shape index (κ1) is 9.60. The van der Waals surface area contributed by atoms with E-state index in [1.165, 1.54) is 6.08 Å². The Balaban J connectivity index is 3.12. The number of halogens is 3. The van der Waals surface area contributed by atoms with Gasteiger partial charge in [-0.05, 0) is 0 Å². The molecular weight excluding hydrogens is 225 g/mol. The quantitative estimate of drug-likeness (QED) is 0.481. The number of hydrogen-bond acceptors (Lipinski definition) is 2. The molecule has 0 aromatic carbocycles. The molecule has 0 radical (unpaired) electrons. The largest absolute Gasteiger partial charge is 0.218 e. The molecule has 0 saturated heterocycles. The van der Waals surface area contributed by atoms with Crippen LogP contribution in [0.2, 0.25) is 0 Å². The third kappa shape index (κ3) is 2.48. The summed E-state index contributed by atoms with van der Waals surface area (Å²) in [5, 5.41) is 0.686. The maximum absolute atomic E-state index is 6.00. The minimum Gasteiger partial charge on any atom is -0.218 e. The van der Waals surface area contributed by atoms with E-state index in [0.29, 0.717) is 16.5 Å². The molecule has 1 heterocycles. The SMILES string of the molecule is CCP1(Cl)=NC(Cl)=CC(Cl)=N1. The van der Waals surface area contributed by atoms with Gasteiger partial charge in [-0.25, -0.2) is 9.51 Å². The Morgan fingerprint density at radius 1 is 1.55 bits per heavy atom. The molecule has 1 aliphatic heterocycles. The molecular formula is C5H6Cl3N2P. The van der Waals surface area contributed by atoms with Crippen LogP contribution in [0.1, 0.15) is 6.92 Å². The maximum Gasteiger partial charge on any atom is 0.166 e. The minimum absolute atomic E-state index is 0.343. The van der Waals surface area contributed by atoms with Gasteiger partial charge in [0.05, 0.1) is 0 Å². The molecule has 0 saturated carbocycles. The first-order chi connectivity index (χ1) is 5.06. The maximum atomic E-state index is 6.00. The fraction of sp³-hybridized carbons (Fsp3) is 0.400. The summed E-state index contributed by atoms with van der Waals surface area (Å²) in [6.45, 7) is -0.193. The summed E-state index contributed by atoms with van der Waals surface area (Å²) < 4.78 is 8.03. The van der Waals surface area contributed by atoms with Crippen molar-refractivity contribution in [2.75, 3.05) is 6.16 Å². The lowest BCUT2D eigenvalue weighted by molar-refractivity contribution is 1.42. The predicted molar refractivity (Wildman–Crippen MR) is 53.0 cm³/mol. The minimum atomic E-state index is -2.10. The van der Waals surface area contributed by atoms with Crippen LogP contribution in [0.5, 0.6) is 0 Å². The van der Waals surface area contributed by atoms with Crippen LogP contribution < -0.4 is 0 Å². The Morgan fingerprint density at radius 3 is 2.64 bits per heavy atom. The van der Waals surface area contributed by atoms with Crippen LogP contribution in [0.4, 0.5) is 0 Å². The van der Waals surface area contributed by atoms with Gasteiger partial charge in [0.15, 0.2) is 6.56 Å². The molecule has 0 aromatic heterocycles. The summed E-state index contributed by atoms with van der Waals surface area (Å²) in [5.41, 5.74) is 0. The van der Waals surface area contributed by atoms with E-state index in [2.05, 4.69) is 9.51 Å². The molecule has 6 heteroatoms. The van der Waals surface area contributed by atoms with Crippen molar-refractivity contribution in [1.29, 1.82) is 0 Å². The molecule has 0 fully saturated rings. The molecule has 0 amide bonds. The highest BCUT2D eigenvalue weighted by Gasteiger charge is 2.16. The van der Waals surface area contributed by atoms with Crippen LogP contribution in [-0.4, -0.2) is 11.3 Å². The molecule has 1 rings (SSSR count). The summed E-state index contributed by atoms with van der Waals surface area (Å²) in [7, 11) is 0. The number of rotatable bonds is 1. The van der Waals surface area contributed by atoms with Gasteiger partial charge in [0, 0.05) is 12.2 Å². The summed E-state index contributed by atoms with van der Waals surface area (Å²) in [5.74, 6) is 0. The Hall–Kier alpha value is 0.510. The zero-order valence-electron chi connectivity index (χ0n) is 5.76. The second-order valence-electron chi connectivity index (χ2n) is 1.95. The first-order valence-corrected chi connectivity index (χ1v) is 6.54. The van der Waals surface area contributed by atoms with Gasteiger partial charge in [0.2, 0.25) is 0 Å². The van der Waals surface area contributed by atoms with Gasteiger partial charge < -0.3 is 0 Å². The van der Waals surface area contributed by atoms with Gasteiger partial charge in [0.1, 0.15) is 10.3 Å². The zero-order valence-corrected chi connectivity index (χ0v) is 8.92. The van der Waals surface area contributed by atoms with Crippen LogP contribution in [0, 0.1) is 0 Å². The summed E-state index contributed by atoms with van der Waals surface area (Å²) in [4.78, 5) is 0. The molecule has 11 heavy (non-hydrogen) atoms. The average Bonchev–Trinajstić information content (AvgIpc) is 1.84. The van der Waals surface area contributed by atoms with Crippen molar-refractivity contribution in [2.45, 2.75) is 6.92 Å². The number of nitrogens with zero attached hydrogens (tertiary/aromatic N) is 2.